The third-order valence-electron chi connectivity index (χ3n) is 5.53. The fraction of sp³-hybridized carbons (Fsp3) is 1.00. The number of nitrogens with zero attached hydrogens (tertiary/aromatic N) is 1. The van der Waals surface area contributed by atoms with E-state index in [-0.39, 0.29) is 0 Å². The molecular formula is C15H28N2. The van der Waals surface area contributed by atoms with E-state index in [0.29, 0.717) is 0 Å². The van der Waals surface area contributed by atoms with Crippen molar-refractivity contribution in [2.75, 3.05) is 19.6 Å². The van der Waals surface area contributed by atoms with Gasteiger partial charge in [-0.2, -0.15) is 0 Å². The van der Waals surface area contributed by atoms with E-state index in [2.05, 4.69) is 24.1 Å². The standard InChI is InChI=1S/C15H28N2/c1-11-5-6-14(12(2)8-11)17-7-3-4-13-9-16-10-15(13)17/h11-16H,3-10H2,1-2H3. The van der Waals surface area contributed by atoms with Gasteiger partial charge < -0.3 is 5.32 Å². The minimum Gasteiger partial charge on any atom is -0.315 e. The molecule has 98 valence electrons. The SMILES string of the molecule is CC1CCC(N2CCCC3CNCC32)C(C)C1. The second-order valence-corrected chi connectivity index (χ2v) is 6.83. The van der Waals surface area contributed by atoms with Crippen LogP contribution >= 0.6 is 0 Å². The van der Waals surface area contributed by atoms with Crippen LogP contribution in [-0.2, 0) is 0 Å². The monoisotopic (exact) mass is 236 g/mol. The average Bonchev–Trinajstić information content (AvgIpc) is 2.77. The van der Waals surface area contributed by atoms with Crippen LogP contribution in [-0.4, -0.2) is 36.6 Å². The maximum Gasteiger partial charge on any atom is 0.0264 e. The molecule has 2 heteroatoms. The molecule has 3 rings (SSSR count). The van der Waals surface area contributed by atoms with E-state index in [0.717, 1.165) is 29.8 Å². The van der Waals surface area contributed by atoms with Crippen molar-refractivity contribution in [3.8, 4) is 0 Å². The molecule has 0 aromatic heterocycles. The Kier molecular flexibility index (Phi) is 3.45. The van der Waals surface area contributed by atoms with Crippen LogP contribution < -0.4 is 5.32 Å². The lowest BCUT2D eigenvalue weighted by molar-refractivity contribution is 0.0231. The maximum absolute atomic E-state index is 3.62. The van der Waals surface area contributed by atoms with Gasteiger partial charge in [-0.05, 0) is 62.9 Å². The molecule has 0 spiro atoms. The topological polar surface area (TPSA) is 15.3 Å². The summed E-state index contributed by atoms with van der Waals surface area (Å²) >= 11 is 0. The molecule has 2 aliphatic heterocycles. The highest BCUT2D eigenvalue weighted by Gasteiger charge is 2.40. The van der Waals surface area contributed by atoms with Crippen molar-refractivity contribution >= 4 is 0 Å². The first-order valence-corrected chi connectivity index (χ1v) is 7.72. The van der Waals surface area contributed by atoms with Crippen LogP contribution in [0.1, 0.15) is 46.0 Å². The summed E-state index contributed by atoms with van der Waals surface area (Å²) in [5.41, 5.74) is 0. The van der Waals surface area contributed by atoms with E-state index >= 15 is 0 Å². The van der Waals surface area contributed by atoms with Crippen molar-refractivity contribution in [3.63, 3.8) is 0 Å². The Morgan fingerprint density at radius 1 is 1.00 bits per heavy atom. The summed E-state index contributed by atoms with van der Waals surface area (Å²) < 4.78 is 0. The largest absolute Gasteiger partial charge is 0.315 e. The highest BCUT2D eigenvalue weighted by atomic mass is 15.2. The Balaban J connectivity index is 1.70. The first-order chi connectivity index (χ1) is 8.25. The lowest BCUT2D eigenvalue weighted by Gasteiger charge is -2.47. The van der Waals surface area contributed by atoms with Gasteiger partial charge in [0, 0.05) is 18.6 Å². The number of nitrogens with one attached hydrogen (secondary N) is 1. The maximum atomic E-state index is 3.62. The Hall–Kier alpha value is -0.0800. The zero-order valence-corrected chi connectivity index (χ0v) is 11.5. The van der Waals surface area contributed by atoms with Crippen molar-refractivity contribution in [2.45, 2.75) is 58.0 Å². The van der Waals surface area contributed by atoms with Gasteiger partial charge in [0.05, 0.1) is 0 Å². The van der Waals surface area contributed by atoms with E-state index in [1.54, 1.807) is 0 Å². The second kappa shape index (κ2) is 4.89. The van der Waals surface area contributed by atoms with Crippen molar-refractivity contribution in [1.29, 1.82) is 0 Å². The fourth-order valence-electron chi connectivity index (χ4n) is 4.66. The number of fused-ring (bicyclic) bond motifs is 1. The Morgan fingerprint density at radius 3 is 2.71 bits per heavy atom. The van der Waals surface area contributed by atoms with Gasteiger partial charge in [-0.1, -0.05) is 13.8 Å². The van der Waals surface area contributed by atoms with Gasteiger partial charge in [-0.15, -0.1) is 0 Å². The van der Waals surface area contributed by atoms with Crippen LogP contribution in [0, 0.1) is 17.8 Å². The molecule has 1 aliphatic carbocycles. The van der Waals surface area contributed by atoms with E-state index in [9.17, 15) is 0 Å². The van der Waals surface area contributed by atoms with Crippen LogP contribution in [0.25, 0.3) is 0 Å². The lowest BCUT2D eigenvalue weighted by atomic mass is 9.77. The van der Waals surface area contributed by atoms with Crippen LogP contribution in [0.5, 0.6) is 0 Å². The number of rotatable bonds is 1. The minimum atomic E-state index is 0.865. The van der Waals surface area contributed by atoms with Gasteiger partial charge in [0.15, 0.2) is 0 Å². The molecular weight excluding hydrogens is 208 g/mol. The molecule has 1 saturated carbocycles. The van der Waals surface area contributed by atoms with Gasteiger partial charge >= 0.3 is 0 Å². The number of hydrogen-bond acceptors (Lipinski definition) is 2. The van der Waals surface area contributed by atoms with Gasteiger partial charge in [0.2, 0.25) is 0 Å². The predicted octanol–water partition coefficient (Wildman–Crippen LogP) is 2.49. The second-order valence-electron chi connectivity index (χ2n) is 6.83. The minimum absolute atomic E-state index is 0.865. The molecule has 5 unspecified atom stereocenters. The molecule has 0 bridgehead atoms. The van der Waals surface area contributed by atoms with Crippen LogP contribution in [0.4, 0.5) is 0 Å². The van der Waals surface area contributed by atoms with Crippen molar-refractivity contribution in [3.05, 3.63) is 0 Å². The first kappa shape index (κ1) is 12.0. The summed E-state index contributed by atoms with van der Waals surface area (Å²) in [6, 6.07) is 1.75. The quantitative estimate of drug-likeness (QED) is 0.752. The molecule has 5 atom stereocenters. The summed E-state index contributed by atoms with van der Waals surface area (Å²) in [4.78, 5) is 2.89. The summed E-state index contributed by atoms with van der Waals surface area (Å²) in [6.45, 7) is 8.82. The summed E-state index contributed by atoms with van der Waals surface area (Å²) in [6.07, 6.45) is 7.25. The zero-order valence-electron chi connectivity index (χ0n) is 11.5. The highest BCUT2D eigenvalue weighted by molar-refractivity contribution is 4.96. The van der Waals surface area contributed by atoms with Crippen LogP contribution in [0.15, 0.2) is 0 Å². The van der Waals surface area contributed by atoms with Crippen molar-refractivity contribution < 1.29 is 0 Å². The van der Waals surface area contributed by atoms with E-state index in [4.69, 9.17) is 0 Å². The van der Waals surface area contributed by atoms with Crippen molar-refractivity contribution in [1.82, 2.24) is 10.2 Å². The molecule has 2 nitrogen and oxygen atoms in total. The predicted molar refractivity (Wildman–Crippen MR) is 72.1 cm³/mol. The number of piperidine rings is 1. The molecule has 0 aromatic carbocycles. The molecule has 1 N–H and O–H groups in total. The Labute approximate surface area is 106 Å². The molecule has 0 radical (unpaired) electrons. The molecule has 0 amide bonds. The molecule has 17 heavy (non-hydrogen) atoms. The summed E-state index contributed by atoms with van der Waals surface area (Å²) in [7, 11) is 0. The van der Waals surface area contributed by atoms with E-state index in [1.807, 2.05) is 0 Å². The highest BCUT2D eigenvalue weighted by Crippen LogP contribution is 2.37. The Morgan fingerprint density at radius 2 is 1.88 bits per heavy atom. The van der Waals surface area contributed by atoms with E-state index in [1.165, 1.54) is 51.7 Å². The summed E-state index contributed by atoms with van der Waals surface area (Å²) in [5, 5.41) is 3.62. The first-order valence-electron chi connectivity index (χ1n) is 7.72. The zero-order chi connectivity index (χ0) is 11.8. The smallest absolute Gasteiger partial charge is 0.0264 e. The molecule has 2 saturated heterocycles. The molecule has 0 aromatic rings. The van der Waals surface area contributed by atoms with E-state index < -0.39 is 0 Å². The Bertz CT molecular complexity index is 266. The summed E-state index contributed by atoms with van der Waals surface area (Å²) in [5.74, 6) is 2.83. The van der Waals surface area contributed by atoms with Crippen LogP contribution in [0.3, 0.4) is 0 Å². The van der Waals surface area contributed by atoms with Gasteiger partial charge in [-0.3, -0.25) is 4.90 Å². The van der Waals surface area contributed by atoms with Crippen molar-refractivity contribution in [2.24, 2.45) is 17.8 Å². The normalized spacial score (nSPS) is 48.0. The van der Waals surface area contributed by atoms with Crippen LogP contribution in [0.2, 0.25) is 0 Å². The molecule has 3 aliphatic rings. The number of hydrogen-bond donors (Lipinski definition) is 1. The van der Waals surface area contributed by atoms with Gasteiger partial charge in [0.1, 0.15) is 0 Å². The third kappa shape index (κ3) is 2.26. The molecule has 2 heterocycles. The molecule has 3 fully saturated rings. The fourth-order valence-corrected chi connectivity index (χ4v) is 4.66. The van der Waals surface area contributed by atoms with Gasteiger partial charge in [-0.25, -0.2) is 0 Å². The average molecular weight is 236 g/mol. The lowest BCUT2D eigenvalue weighted by Crippen LogP contribution is -2.53. The van der Waals surface area contributed by atoms with Gasteiger partial charge in [0.25, 0.3) is 0 Å². The third-order valence-corrected chi connectivity index (χ3v) is 5.53. The number of likely N-dealkylation sites (tertiary alicyclic amines) is 1.